The van der Waals surface area contributed by atoms with Crippen LogP contribution in [0.5, 0.6) is 0 Å². The molecule has 0 aromatic heterocycles. The van der Waals surface area contributed by atoms with E-state index in [0.717, 1.165) is 44.0 Å². The molecule has 1 amide bonds. The summed E-state index contributed by atoms with van der Waals surface area (Å²) in [4.78, 5) is 17.0. The fourth-order valence-corrected chi connectivity index (χ4v) is 3.30. The molecule has 2 atom stereocenters. The van der Waals surface area contributed by atoms with Gasteiger partial charge in [-0.15, -0.1) is 0 Å². The molecule has 1 aromatic rings. The Kier molecular flexibility index (Phi) is 3.66. The molecule has 1 fully saturated rings. The summed E-state index contributed by atoms with van der Waals surface area (Å²) in [5, 5.41) is 3.38. The van der Waals surface area contributed by atoms with Crippen molar-refractivity contribution in [2.45, 2.75) is 13.3 Å². The Labute approximate surface area is 120 Å². The van der Waals surface area contributed by atoms with Crippen LogP contribution in [0.4, 0.5) is 11.4 Å². The molecule has 4 heteroatoms. The van der Waals surface area contributed by atoms with Crippen molar-refractivity contribution < 1.29 is 4.79 Å². The minimum atomic E-state index is 0.121. The van der Waals surface area contributed by atoms with Gasteiger partial charge in [-0.3, -0.25) is 4.79 Å². The highest BCUT2D eigenvalue weighted by molar-refractivity contribution is 5.99. The zero-order valence-electron chi connectivity index (χ0n) is 12.3. The maximum Gasteiger partial charge on any atom is 0.231 e. The third kappa shape index (κ3) is 2.40. The predicted octanol–water partition coefficient (Wildman–Crippen LogP) is 1.71. The van der Waals surface area contributed by atoms with E-state index in [1.807, 2.05) is 17.0 Å². The van der Waals surface area contributed by atoms with Crippen LogP contribution in [-0.2, 0) is 4.79 Å². The molecule has 0 aliphatic carbocycles. The van der Waals surface area contributed by atoms with Gasteiger partial charge >= 0.3 is 0 Å². The normalized spacial score (nSPS) is 26.3. The molecule has 0 saturated carbocycles. The number of carbonyl (C=O) groups is 1. The van der Waals surface area contributed by atoms with Gasteiger partial charge in [0.2, 0.25) is 5.91 Å². The molecule has 3 rings (SSSR count). The van der Waals surface area contributed by atoms with Gasteiger partial charge in [0.25, 0.3) is 0 Å². The van der Waals surface area contributed by atoms with Gasteiger partial charge in [-0.1, -0.05) is 19.1 Å². The summed E-state index contributed by atoms with van der Waals surface area (Å²) in [6.45, 7) is 5.75. The number of fused-ring (bicyclic) bond motifs is 1. The summed E-state index contributed by atoms with van der Waals surface area (Å²) in [5.41, 5.74) is 2.22. The fourth-order valence-electron chi connectivity index (χ4n) is 3.30. The summed E-state index contributed by atoms with van der Waals surface area (Å²) in [7, 11) is 2.09. The van der Waals surface area contributed by atoms with Gasteiger partial charge in [0, 0.05) is 26.7 Å². The lowest BCUT2D eigenvalue weighted by Crippen LogP contribution is -2.49. The van der Waals surface area contributed by atoms with Crippen molar-refractivity contribution in [1.29, 1.82) is 0 Å². The largest absolute Gasteiger partial charge is 0.371 e. The Hall–Kier alpha value is -1.55. The third-order valence-corrected chi connectivity index (χ3v) is 4.43. The van der Waals surface area contributed by atoms with Crippen LogP contribution >= 0.6 is 0 Å². The molecule has 2 aliphatic rings. The molecule has 1 aromatic carbocycles. The molecule has 2 heterocycles. The molecule has 108 valence electrons. The third-order valence-electron chi connectivity index (χ3n) is 4.43. The Balaban J connectivity index is 1.84. The van der Waals surface area contributed by atoms with Crippen LogP contribution < -0.4 is 15.1 Å². The molecule has 0 bridgehead atoms. The summed E-state index contributed by atoms with van der Waals surface area (Å²) < 4.78 is 0. The standard InChI is InChI=1S/C16H23N3O/c1-12-9-13(11-17-10-12)16(20)19-8-7-18(2)14-5-3-4-6-15(14)19/h3-6,12-13,17H,7-11H2,1-2H3. The Morgan fingerprint density at radius 3 is 2.70 bits per heavy atom. The van der Waals surface area contributed by atoms with Crippen LogP contribution in [-0.4, -0.2) is 39.1 Å². The number of anilines is 2. The predicted molar refractivity (Wildman–Crippen MR) is 82.2 cm³/mol. The lowest BCUT2D eigenvalue weighted by molar-refractivity contribution is -0.123. The highest BCUT2D eigenvalue weighted by Gasteiger charge is 2.32. The van der Waals surface area contributed by atoms with Crippen molar-refractivity contribution in [2.75, 3.05) is 43.0 Å². The van der Waals surface area contributed by atoms with E-state index in [9.17, 15) is 4.79 Å². The molecule has 4 nitrogen and oxygen atoms in total. The zero-order valence-corrected chi connectivity index (χ0v) is 12.3. The first-order valence-electron chi connectivity index (χ1n) is 7.49. The lowest BCUT2D eigenvalue weighted by Gasteiger charge is -2.38. The second kappa shape index (κ2) is 5.44. The second-order valence-electron chi connectivity index (χ2n) is 6.10. The highest BCUT2D eigenvalue weighted by Crippen LogP contribution is 2.33. The minimum Gasteiger partial charge on any atom is -0.371 e. The van der Waals surface area contributed by atoms with Gasteiger partial charge in [0.15, 0.2) is 0 Å². The molecule has 2 unspecified atom stereocenters. The number of piperidine rings is 1. The highest BCUT2D eigenvalue weighted by atomic mass is 16.2. The number of amides is 1. The molecule has 1 saturated heterocycles. The lowest BCUT2D eigenvalue weighted by atomic mass is 9.90. The molecular weight excluding hydrogens is 250 g/mol. The van der Waals surface area contributed by atoms with Crippen molar-refractivity contribution in [3.8, 4) is 0 Å². The van der Waals surface area contributed by atoms with Gasteiger partial charge in [-0.05, 0) is 31.0 Å². The maximum absolute atomic E-state index is 12.8. The number of hydrogen-bond donors (Lipinski definition) is 1. The molecule has 0 radical (unpaired) electrons. The number of likely N-dealkylation sites (N-methyl/N-ethyl adjacent to an activating group) is 1. The van der Waals surface area contributed by atoms with E-state index in [0.29, 0.717) is 5.92 Å². The Morgan fingerprint density at radius 1 is 1.20 bits per heavy atom. The number of benzene rings is 1. The SMILES string of the molecule is CC1CNCC(C(=O)N2CCN(C)c3ccccc32)C1. The van der Waals surface area contributed by atoms with E-state index in [1.54, 1.807) is 0 Å². The number of hydrogen-bond acceptors (Lipinski definition) is 3. The van der Waals surface area contributed by atoms with Crippen molar-refractivity contribution >= 4 is 17.3 Å². The second-order valence-corrected chi connectivity index (χ2v) is 6.10. The van der Waals surface area contributed by atoms with Crippen LogP contribution in [0.3, 0.4) is 0 Å². The molecule has 0 spiro atoms. The van der Waals surface area contributed by atoms with Gasteiger partial charge in [0.1, 0.15) is 0 Å². The summed E-state index contributed by atoms with van der Waals surface area (Å²) >= 11 is 0. The average Bonchev–Trinajstić information content (AvgIpc) is 2.47. The number of nitrogens with one attached hydrogen (secondary N) is 1. The quantitative estimate of drug-likeness (QED) is 0.846. The monoisotopic (exact) mass is 273 g/mol. The smallest absolute Gasteiger partial charge is 0.231 e. The Morgan fingerprint density at radius 2 is 1.95 bits per heavy atom. The number of nitrogens with zero attached hydrogens (tertiary/aromatic N) is 2. The van der Waals surface area contributed by atoms with Crippen LogP contribution in [0.25, 0.3) is 0 Å². The van der Waals surface area contributed by atoms with Crippen LogP contribution in [0.2, 0.25) is 0 Å². The summed E-state index contributed by atoms with van der Waals surface area (Å²) in [5.74, 6) is 0.986. The molecule has 1 N–H and O–H groups in total. The number of rotatable bonds is 1. The average molecular weight is 273 g/mol. The number of para-hydroxylation sites is 2. The van der Waals surface area contributed by atoms with Crippen LogP contribution in [0.1, 0.15) is 13.3 Å². The minimum absolute atomic E-state index is 0.121. The van der Waals surface area contributed by atoms with E-state index in [4.69, 9.17) is 0 Å². The Bertz CT molecular complexity index is 502. The van der Waals surface area contributed by atoms with Crippen molar-refractivity contribution in [1.82, 2.24) is 5.32 Å². The first-order valence-corrected chi connectivity index (χ1v) is 7.49. The zero-order chi connectivity index (χ0) is 14.1. The topological polar surface area (TPSA) is 35.6 Å². The van der Waals surface area contributed by atoms with E-state index >= 15 is 0 Å². The van der Waals surface area contributed by atoms with Crippen molar-refractivity contribution in [2.24, 2.45) is 11.8 Å². The molecule has 20 heavy (non-hydrogen) atoms. The van der Waals surface area contributed by atoms with Crippen molar-refractivity contribution in [3.05, 3.63) is 24.3 Å². The van der Waals surface area contributed by atoms with E-state index < -0.39 is 0 Å². The maximum atomic E-state index is 12.8. The van der Waals surface area contributed by atoms with Gasteiger partial charge < -0.3 is 15.1 Å². The van der Waals surface area contributed by atoms with Gasteiger partial charge in [0.05, 0.1) is 17.3 Å². The summed E-state index contributed by atoms with van der Waals surface area (Å²) in [6, 6.07) is 8.20. The van der Waals surface area contributed by atoms with E-state index in [-0.39, 0.29) is 11.8 Å². The molecular formula is C16H23N3O. The van der Waals surface area contributed by atoms with E-state index in [1.165, 1.54) is 0 Å². The van der Waals surface area contributed by atoms with Crippen LogP contribution in [0.15, 0.2) is 24.3 Å². The first kappa shape index (κ1) is 13.4. The van der Waals surface area contributed by atoms with Gasteiger partial charge in [-0.2, -0.15) is 0 Å². The summed E-state index contributed by atoms with van der Waals surface area (Å²) in [6.07, 6.45) is 1.00. The number of carbonyl (C=O) groups excluding carboxylic acids is 1. The van der Waals surface area contributed by atoms with Crippen LogP contribution in [0, 0.1) is 11.8 Å². The molecule has 2 aliphatic heterocycles. The fraction of sp³-hybridized carbons (Fsp3) is 0.562. The van der Waals surface area contributed by atoms with Crippen molar-refractivity contribution in [3.63, 3.8) is 0 Å². The van der Waals surface area contributed by atoms with E-state index in [2.05, 4.69) is 36.3 Å². The van der Waals surface area contributed by atoms with Gasteiger partial charge in [-0.25, -0.2) is 0 Å². The first-order chi connectivity index (χ1) is 9.66.